The average Bonchev–Trinajstić information content (AvgIpc) is 3.36. The molecule has 152 valence electrons. The summed E-state index contributed by atoms with van der Waals surface area (Å²) in [6.45, 7) is 1.59. The van der Waals surface area contributed by atoms with Crippen molar-refractivity contribution >= 4 is 29.6 Å². The number of carbonyl (C=O) groups is 2. The number of aryl methyl sites for hydroxylation is 2. The van der Waals surface area contributed by atoms with Gasteiger partial charge in [-0.3, -0.25) is 9.52 Å². The van der Waals surface area contributed by atoms with Crippen LogP contribution in [0.1, 0.15) is 47.9 Å². The fourth-order valence-electron chi connectivity index (χ4n) is 4.68. The van der Waals surface area contributed by atoms with Crippen molar-refractivity contribution in [1.82, 2.24) is 9.62 Å². The largest absolute Gasteiger partial charge is 0.375 e. The molecule has 28 heavy (non-hydrogen) atoms. The summed E-state index contributed by atoms with van der Waals surface area (Å²) < 4.78 is 7.91. The van der Waals surface area contributed by atoms with Crippen LogP contribution in [0.15, 0.2) is 6.07 Å². The van der Waals surface area contributed by atoms with Gasteiger partial charge in [-0.25, -0.2) is 4.79 Å². The molecule has 1 saturated heterocycles. The number of hydrogen-bond donors (Lipinski definition) is 2. The van der Waals surface area contributed by atoms with Crippen LogP contribution in [0.4, 0.5) is 10.5 Å². The lowest BCUT2D eigenvalue weighted by atomic mass is 9.99. The van der Waals surface area contributed by atoms with Gasteiger partial charge in [0.15, 0.2) is 0 Å². The molecular formula is C21H29N3O3S. The molecule has 0 aromatic heterocycles. The summed E-state index contributed by atoms with van der Waals surface area (Å²) >= 11 is 1.49. The van der Waals surface area contributed by atoms with E-state index < -0.39 is 0 Å². The smallest absolute Gasteiger partial charge is 0.329 e. The topological polar surface area (TPSA) is 70.7 Å². The molecule has 2 N–H and O–H groups in total. The van der Waals surface area contributed by atoms with Crippen LogP contribution >= 0.6 is 11.9 Å². The van der Waals surface area contributed by atoms with Gasteiger partial charge >= 0.3 is 6.03 Å². The third-order valence-corrected chi connectivity index (χ3v) is 7.20. The molecule has 4 rings (SSSR count). The van der Waals surface area contributed by atoms with Crippen LogP contribution in [0.5, 0.6) is 0 Å². The summed E-state index contributed by atoms with van der Waals surface area (Å²) in [6.07, 6.45) is 8.54. The van der Waals surface area contributed by atoms with Gasteiger partial charge in [0.05, 0.1) is 0 Å². The molecule has 6 nitrogen and oxygen atoms in total. The molecule has 2 aliphatic carbocycles. The van der Waals surface area contributed by atoms with Crippen LogP contribution in [0, 0.1) is 0 Å². The van der Waals surface area contributed by atoms with Crippen molar-refractivity contribution in [3.05, 3.63) is 28.3 Å². The van der Waals surface area contributed by atoms with Gasteiger partial charge < -0.3 is 15.0 Å². The van der Waals surface area contributed by atoms with Crippen LogP contribution in [0.25, 0.3) is 0 Å². The lowest BCUT2D eigenvalue weighted by Crippen LogP contribution is -2.41. The zero-order chi connectivity index (χ0) is 19.5. The minimum atomic E-state index is -0.128. The predicted octanol–water partition coefficient (Wildman–Crippen LogP) is 3.07. The van der Waals surface area contributed by atoms with E-state index in [9.17, 15) is 9.59 Å². The number of piperidine rings is 1. The number of hydrogen-bond acceptors (Lipinski definition) is 4. The summed E-state index contributed by atoms with van der Waals surface area (Å²) in [7, 11) is 1.54. The molecule has 3 aliphatic rings. The molecule has 1 aromatic rings. The number of nitrogens with zero attached hydrogens (tertiary/aromatic N) is 1. The molecule has 1 aliphatic heterocycles. The first-order valence-electron chi connectivity index (χ1n) is 10.3. The van der Waals surface area contributed by atoms with Crippen LogP contribution < -0.4 is 10.0 Å². The highest BCUT2D eigenvalue weighted by atomic mass is 32.2. The van der Waals surface area contributed by atoms with E-state index in [4.69, 9.17) is 4.74 Å². The van der Waals surface area contributed by atoms with Crippen LogP contribution in [0.2, 0.25) is 0 Å². The Kier molecular flexibility index (Phi) is 6.11. The summed E-state index contributed by atoms with van der Waals surface area (Å²) in [5.74, 6) is 0.0449. The van der Waals surface area contributed by atoms with E-state index in [2.05, 4.69) is 16.1 Å². The summed E-state index contributed by atoms with van der Waals surface area (Å²) in [4.78, 5) is 26.3. The third-order valence-electron chi connectivity index (χ3n) is 6.09. The van der Waals surface area contributed by atoms with Gasteiger partial charge in [-0.2, -0.15) is 0 Å². The van der Waals surface area contributed by atoms with E-state index in [1.807, 2.05) is 4.90 Å². The number of carbonyl (C=O) groups excluding carboxylic acids is 2. The van der Waals surface area contributed by atoms with Gasteiger partial charge in [-0.05, 0) is 85.6 Å². The second kappa shape index (κ2) is 8.74. The summed E-state index contributed by atoms with van der Waals surface area (Å²) in [5.41, 5.74) is 6.64. The van der Waals surface area contributed by atoms with E-state index in [0.29, 0.717) is 5.25 Å². The SMILES string of the molecule is COCC(=O)N1CCC(SNC(=O)Nc2c3c(cc4c2CCC4)CCC3)CC1. The summed E-state index contributed by atoms with van der Waals surface area (Å²) in [5, 5.41) is 3.51. The van der Waals surface area contributed by atoms with Crippen molar-refractivity contribution in [2.45, 2.75) is 56.6 Å². The molecule has 0 saturated carbocycles. The number of methoxy groups -OCH3 is 1. The Morgan fingerprint density at radius 3 is 2.36 bits per heavy atom. The predicted molar refractivity (Wildman–Crippen MR) is 112 cm³/mol. The molecule has 7 heteroatoms. The lowest BCUT2D eigenvalue weighted by molar-refractivity contribution is -0.135. The third kappa shape index (κ3) is 4.15. The second-order valence-electron chi connectivity index (χ2n) is 7.92. The maximum atomic E-state index is 12.6. The summed E-state index contributed by atoms with van der Waals surface area (Å²) in [6, 6.07) is 2.25. The number of ether oxygens (including phenoxy) is 1. The Morgan fingerprint density at radius 1 is 1.11 bits per heavy atom. The first-order valence-corrected chi connectivity index (χ1v) is 11.2. The number of fused-ring (bicyclic) bond motifs is 2. The van der Waals surface area contributed by atoms with Gasteiger partial charge in [0.2, 0.25) is 5.91 Å². The average molecular weight is 404 g/mol. The van der Waals surface area contributed by atoms with Crippen LogP contribution in [0.3, 0.4) is 0 Å². The van der Waals surface area contributed by atoms with Gasteiger partial charge in [-0.15, -0.1) is 0 Å². The van der Waals surface area contributed by atoms with Crippen LogP contribution in [-0.2, 0) is 35.2 Å². The number of amides is 3. The van der Waals surface area contributed by atoms with Gasteiger partial charge in [0.25, 0.3) is 0 Å². The van der Waals surface area contributed by atoms with Crippen molar-refractivity contribution in [1.29, 1.82) is 0 Å². The number of anilines is 1. The number of rotatable bonds is 5. The second-order valence-corrected chi connectivity index (χ2v) is 9.03. The molecular weight excluding hydrogens is 374 g/mol. The fraction of sp³-hybridized carbons (Fsp3) is 0.619. The molecule has 0 spiro atoms. The monoisotopic (exact) mass is 403 g/mol. The van der Waals surface area contributed by atoms with Crippen molar-refractivity contribution in [2.75, 3.05) is 32.1 Å². The minimum absolute atomic E-state index is 0.0449. The fourth-order valence-corrected chi connectivity index (χ4v) is 5.45. The Balaban J connectivity index is 1.30. The Hall–Kier alpha value is -1.73. The van der Waals surface area contributed by atoms with E-state index in [1.165, 1.54) is 47.0 Å². The van der Waals surface area contributed by atoms with Gasteiger partial charge in [0.1, 0.15) is 6.61 Å². The lowest BCUT2D eigenvalue weighted by Gasteiger charge is -2.31. The number of urea groups is 1. The van der Waals surface area contributed by atoms with Crippen molar-refractivity contribution in [2.24, 2.45) is 0 Å². The zero-order valence-electron chi connectivity index (χ0n) is 16.5. The standard InChI is InChI=1S/C21H29N3O3S/c1-27-13-19(25)24-10-8-16(9-11-24)28-23-21(26)22-20-17-6-2-4-14(17)12-15-5-3-7-18(15)20/h12,16H,2-11,13H2,1H3,(H2,22,23,26). The molecule has 0 unspecified atom stereocenters. The van der Waals surface area contributed by atoms with Crippen molar-refractivity contribution < 1.29 is 14.3 Å². The number of benzene rings is 1. The maximum Gasteiger partial charge on any atom is 0.329 e. The number of nitrogens with one attached hydrogen (secondary N) is 2. The van der Waals surface area contributed by atoms with Crippen molar-refractivity contribution in [3.63, 3.8) is 0 Å². The molecule has 1 fully saturated rings. The maximum absolute atomic E-state index is 12.6. The first-order chi connectivity index (χ1) is 13.7. The van der Waals surface area contributed by atoms with E-state index >= 15 is 0 Å². The Labute approximate surface area is 170 Å². The molecule has 1 heterocycles. The van der Waals surface area contributed by atoms with Crippen molar-refractivity contribution in [3.8, 4) is 0 Å². The van der Waals surface area contributed by atoms with Crippen LogP contribution in [-0.4, -0.2) is 48.9 Å². The normalized spacial score (nSPS) is 18.7. The van der Waals surface area contributed by atoms with Gasteiger partial charge in [-0.1, -0.05) is 6.07 Å². The molecule has 1 aromatic carbocycles. The highest BCUT2D eigenvalue weighted by molar-refractivity contribution is 7.98. The highest BCUT2D eigenvalue weighted by Crippen LogP contribution is 2.38. The highest BCUT2D eigenvalue weighted by Gasteiger charge is 2.26. The molecule has 0 radical (unpaired) electrons. The minimum Gasteiger partial charge on any atom is -0.375 e. The first kappa shape index (κ1) is 19.6. The zero-order valence-corrected chi connectivity index (χ0v) is 17.3. The van der Waals surface area contributed by atoms with E-state index in [-0.39, 0.29) is 18.5 Å². The Bertz CT molecular complexity index is 728. The van der Waals surface area contributed by atoms with E-state index in [0.717, 1.165) is 57.3 Å². The quantitative estimate of drug-likeness (QED) is 0.742. The Morgan fingerprint density at radius 2 is 1.75 bits per heavy atom. The number of likely N-dealkylation sites (tertiary alicyclic amines) is 1. The van der Waals surface area contributed by atoms with Gasteiger partial charge in [0, 0.05) is 31.1 Å². The molecule has 3 amide bonds. The van der Waals surface area contributed by atoms with E-state index in [1.54, 1.807) is 7.11 Å². The molecule has 0 atom stereocenters. The molecule has 0 bridgehead atoms.